The van der Waals surface area contributed by atoms with Crippen molar-refractivity contribution in [2.24, 2.45) is 5.92 Å². The van der Waals surface area contributed by atoms with Crippen LogP contribution in [0.5, 0.6) is 0 Å². The smallest absolute Gasteiger partial charge is 0.0382 e. The van der Waals surface area contributed by atoms with E-state index in [1.807, 2.05) is 27.7 Å². The maximum atomic E-state index is 4.52. The van der Waals surface area contributed by atoms with Crippen LogP contribution in [0.2, 0.25) is 0 Å². The first-order valence-corrected chi connectivity index (χ1v) is 26.6. The van der Waals surface area contributed by atoms with Gasteiger partial charge in [-0.25, -0.2) is 0 Å². The van der Waals surface area contributed by atoms with Gasteiger partial charge in [0.15, 0.2) is 0 Å². The molecule has 0 spiro atoms. The molecule has 1 unspecified atom stereocenters. The fourth-order valence-corrected chi connectivity index (χ4v) is 7.14. The summed E-state index contributed by atoms with van der Waals surface area (Å²) in [6.45, 7) is 42.9. The van der Waals surface area contributed by atoms with Crippen LogP contribution in [0.25, 0.3) is 18.2 Å². The molecule has 0 fully saturated rings. The molecule has 0 radical (unpaired) electrons. The van der Waals surface area contributed by atoms with Crippen molar-refractivity contribution >= 4 is 23.9 Å². The molecule has 69 heavy (non-hydrogen) atoms. The molecule has 0 amide bonds. The van der Waals surface area contributed by atoms with Crippen molar-refractivity contribution in [3.05, 3.63) is 188 Å². The number of terminal acetylenes is 1. The summed E-state index contributed by atoms with van der Waals surface area (Å²) in [6.07, 6.45) is 52.2. The van der Waals surface area contributed by atoms with Crippen molar-refractivity contribution in [3.8, 4) is 12.8 Å². The standard InChI is InChI=1S/C48H62N2.C10H18.C3H8.2C2H6.C2H2/c1-11-17-18-26-49-48-24-22-43(15-5)46(34-48)31-39(12-2)28-35(7)29-45-32-40(19-20-42(45)14-4)30-37(9)38(10)36(8)25-27-50-47-23-21-41(13-3)44(16-6)33-47;1-4-7-8-9-10(5-2)6-3;1-3-2;3*1-2/h12,14-15,18-27,29-30,32-34,46,49-50H,7,11,13,16-17,28,31H2,1-6,8-10H3;5,8-9H,4,6-7H2,1-3H3;3H2,1-2H3;2*1-2H3;1-2H/b26-18+,27-25+,37-30-,38-36-,39-12+,42-14-,43-15-,45-29-;9-8-,10-5+;;;;. The third kappa shape index (κ3) is 29.2. The Labute approximate surface area is 428 Å². The van der Waals surface area contributed by atoms with Gasteiger partial charge in [-0.3, -0.25) is 0 Å². The highest BCUT2D eigenvalue weighted by Gasteiger charge is 2.16. The Morgan fingerprint density at radius 2 is 1.33 bits per heavy atom. The summed E-state index contributed by atoms with van der Waals surface area (Å²) in [4.78, 5) is 0. The topological polar surface area (TPSA) is 24.1 Å². The largest absolute Gasteiger partial charge is 0.362 e. The fourth-order valence-electron chi connectivity index (χ4n) is 7.14. The van der Waals surface area contributed by atoms with Gasteiger partial charge in [0.2, 0.25) is 0 Å². The lowest BCUT2D eigenvalue weighted by Crippen LogP contribution is -2.24. The van der Waals surface area contributed by atoms with Gasteiger partial charge in [0, 0.05) is 23.5 Å². The second-order valence-electron chi connectivity index (χ2n) is 16.4. The van der Waals surface area contributed by atoms with Crippen molar-refractivity contribution in [1.29, 1.82) is 0 Å². The normalized spacial score (nSPS) is 15.1. The number of allylic oxidation sites excluding steroid dienone is 17. The van der Waals surface area contributed by atoms with E-state index < -0.39 is 0 Å². The molecule has 0 bridgehead atoms. The predicted molar refractivity (Wildman–Crippen MR) is 321 cm³/mol. The summed E-state index contributed by atoms with van der Waals surface area (Å²) in [7, 11) is 0. The van der Waals surface area contributed by atoms with Gasteiger partial charge in [0.25, 0.3) is 0 Å². The van der Waals surface area contributed by atoms with Crippen LogP contribution in [-0.4, -0.2) is 0 Å². The SMILES string of the molecule is C#C.C/C=C(/C=C\CCC)CC.C=C(/C=c1/cc(\C=C(C)/C(C)=C(C)\C=C\Nc2ccc(CC)c(CC)c2)cc/c1=C/C)C/C(=C\C)CC1C=C(N/C=C/CCC)C=C/C1=C/C.CC.CC.CCC. The number of hydrogen-bond donors (Lipinski definition) is 2. The van der Waals surface area contributed by atoms with E-state index in [-0.39, 0.29) is 0 Å². The summed E-state index contributed by atoms with van der Waals surface area (Å²) < 4.78 is 0. The van der Waals surface area contributed by atoms with Gasteiger partial charge in [0.1, 0.15) is 0 Å². The third-order valence-corrected chi connectivity index (χ3v) is 11.2. The maximum absolute atomic E-state index is 4.52. The first-order valence-electron chi connectivity index (χ1n) is 26.6. The Bertz CT molecular complexity index is 2180. The number of anilines is 1. The van der Waals surface area contributed by atoms with E-state index >= 15 is 0 Å². The van der Waals surface area contributed by atoms with Gasteiger partial charge in [-0.1, -0.05) is 204 Å². The molecule has 2 aromatic carbocycles. The van der Waals surface area contributed by atoms with Gasteiger partial charge in [-0.2, -0.15) is 0 Å². The number of aryl methyl sites for hydroxylation is 2. The van der Waals surface area contributed by atoms with Crippen LogP contribution in [0.1, 0.15) is 193 Å². The summed E-state index contributed by atoms with van der Waals surface area (Å²) in [6, 6.07) is 13.4. The van der Waals surface area contributed by atoms with Gasteiger partial charge in [-0.05, 0) is 179 Å². The van der Waals surface area contributed by atoms with Gasteiger partial charge in [-0.15, -0.1) is 12.8 Å². The Balaban J connectivity index is -0.00000196. The van der Waals surface area contributed by atoms with Crippen molar-refractivity contribution in [3.63, 3.8) is 0 Å². The van der Waals surface area contributed by atoms with E-state index in [1.54, 1.807) is 0 Å². The van der Waals surface area contributed by atoms with Gasteiger partial charge < -0.3 is 10.6 Å². The molecule has 0 saturated heterocycles. The fraction of sp³-hybridized carbons (Fsp3) is 0.433. The molecule has 1 aliphatic carbocycles. The first-order chi connectivity index (χ1) is 33.4. The van der Waals surface area contributed by atoms with Crippen LogP contribution in [0, 0.1) is 18.8 Å². The highest BCUT2D eigenvalue weighted by atomic mass is 14.8. The lowest BCUT2D eigenvalue weighted by atomic mass is 9.85. The van der Waals surface area contributed by atoms with E-state index in [0.29, 0.717) is 5.92 Å². The van der Waals surface area contributed by atoms with E-state index in [2.05, 4.69) is 255 Å². The van der Waals surface area contributed by atoms with Crippen molar-refractivity contribution in [2.45, 2.75) is 189 Å². The molecular weight excluding hydrogens is 833 g/mol. The highest BCUT2D eigenvalue weighted by Crippen LogP contribution is 2.30. The van der Waals surface area contributed by atoms with Crippen molar-refractivity contribution in [1.82, 2.24) is 5.32 Å². The molecule has 1 atom stereocenters. The summed E-state index contributed by atoms with van der Waals surface area (Å²) in [5.41, 5.74) is 15.4. The molecule has 1 aliphatic rings. The molecule has 2 nitrogen and oxygen atoms in total. The van der Waals surface area contributed by atoms with E-state index in [9.17, 15) is 0 Å². The number of hydrogen-bond acceptors (Lipinski definition) is 2. The minimum absolute atomic E-state index is 0.341. The lowest BCUT2D eigenvalue weighted by molar-refractivity contribution is 0.729. The molecule has 0 saturated carbocycles. The zero-order valence-corrected chi connectivity index (χ0v) is 47.6. The molecule has 2 aromatic rings. The molecule has 2 N–H and O–H groups in total. The number of benzene rings is 2. The summed E-state index contributed by atoms with van der Waals surface area (Å²) in [5, 5.41) is 9.37. The quantitative estimate of drug-likeness (QED) is 0.0785. The van der Waals surface area contributed by atoms with Crippen LogP contribution >= 0.6 is 0 Å². The van der Waals surface area contributed by atoms with Crippen LogP contribution in [0.3, 0.4) is 0 Å². The van der Waals surface area contributed by atoms with Gasteiger partial charge >= 0.3 is 0 Å². The molecule has 0 aromatic heterocycles. The predicted octanol–water partition coefficient (Wildman–Crippen LogP) is 19.4. The van der Waals surface area contributed by atoms with Crippen LogP contribution in [0.15, 0.2) is 161 Å². The molecule has 3 rings (SSSR count). The minimum atomic E-state index is 0.341. The Kier molecular flexibility index (Phi) is 44.1. The van der Waals surface area contributed by atoms with Crippen molar-refractivity contribution < 1.29 is 0 Å². The Morgan fingerprint density at radius 3 is 1.88 bits per heavy atom. The summed E-state index contributed by atoms with van der Waals surface area (Å²) >= 11 is 0. The van der Waals surface area contributed by atoms with E-state index in [4.69, 9.17) is 0 Å². The third-order valence-electron chi connectivity index (χ3n) is 11.2. The molecule has 2 heteroatoms. The van der Waals surface area contributed by atoms with Crippen LogP contribution in [0.4, 0.5) is 5.69 Å². The van der Waals surface area contributed by atoms with E-state index in [0.717, 1.165) is 61.9 Å². The molecule has 380 valence electrons. The zero-order chi connectivity index (χ0) is 53.0. The lowest BCUT2D eigenvalue weighted by Gasteiger charge is -2.22. The van der Waals surface area contributed by atoms with Crippen LogP contribution < -0.4 is 21.1 Å². The van der Waals surface area contributed by atoms with E-state index in [1.165, 1.54) is 79.8 Å². The number of nitrogens with one attached hydrogen (secondary N) is 2. The average molecular weight is 936 g/mol. The van der Waals surface area contributed by atoms with Gasteiger partial charge in [0.05, 0.1) is 0 Å². The monoisotopic (exact) mass is 935 g/mol. The highest BCUT2D eigenvalue weighted by molar-refractivity contribution is 5.61. The first kappa shape index (κ1) is 67.7. The molecule has 0 aliphatic heterocycles. The summed E-state index contributed by atoms with van der Waals surface area (Å²) in [5.74, 6) is 0.341. The molecule has 0 heterocycles. The van der Waals surface area contributed by atoms with Crippen LogP contribution in [-0.2, 0) is 12.8 Å². The Hall–Kier alpha value is -5.52. The second-order valence-corrected chi connectivity index (χ2v) is 16.4. The average Bonchev–Trinajstić information content (AvgIpc) is 3.38. The zero-order valence-electron chi connectivity index (χ0n) is 47.6. The van der Waals surface area contributed by atoms with Crippen molar-refractivity contribution in [2.75, 3.05) is 5.32 Å². The second kappa shape index (κ2) is 45.0. The minimum Gasteiger partial charge on any atom is -0.362 e. The maximum Gasteiger partial charge on any atom is 0.0382 e. The molecular formula is C67H102N2. The number of rotatable bonds is 20. The Morgan fingerprint density at radius 1 is 0.696 bits per heavy atom. The number of unbranched alkanes of at least 4 members (excludes halogenated alkanes) is 2.